The zero-order valence-corrected chi connectivity index (χ0v) is 11.8. The maximum absolute atomic E-state index is 11.4. The topological polar surface area (TPSA) is 122 Å². The van der Waals surface area contributed by atoms with Crippen molar-refractivity contribution in [1.82, 2.24) is 0 Å². The molecule has 0 saturated heterocycles. The van der Waals surface area contributed by atoms with Crippen LogP contribution in [0.2, 0.25) is 0 Å². The van der Waals surface area contributed by atoms with Gasteiger partial charge in [0, 0.05) is 11.4 Å². The second-order valence-corrected chi connectivity index (χ2v) is 4.45. The van der Waals surface area contributed by atoms with Crippen LogP contribution in [0.3, 0.4) is 0 Å². The molecule has 1 unspecified atom stereocenters. The molecular formula is C15H17N3O4. The average molecular weight is 303 g/mol. The summed E-state index contributed by atoms with van der Waals surface area (Å²) < 4.78 is 0. The van der Waals surface area contributed by atoms with Gasteiger partial charge in [0.15, 0.2) is 0 Å². The summed E-state index contributed by atoms with van der Waals surface area (Å²) in [6.45, 7) is 6.68. The molecule has 0 aliphatic heterocycles. The van der Waals surface area contributed by atoms with E-state index in [9.17, 15) is 14.4 Å². The highest BCUT2D eigenvalue weighted by Gasteiger charge is 2.14. The summed E-state index contributed by atoms with van der Waals surface area (Å²) in [7, 11) is 0. The molecule has 0 aromatic heterocycles. The second kappa shape index (κ2) is 7.75. The molecule has 0 heterocycles. The maximum Gasteiger partial charge on any atom is 0.320 e. The number of nitrogens with one attached hydrogen (secondary N) is 2. The van der Waals surface area contributed by atoms with E-state index >= 15 is 0 Å². The van der Waals surface area contributed by atoms with Crippen molar-refractivity contribution in [3.63, 3.8) is 0 Å². The van der Waals surface area contributed by atoms with Crippen molar-refractivity contribution < 1.29 is 19.5 Å². The van der Waals surface area contributed by atoms with Crippen molar-refractivity contribution in [2.24, 2.45) is 5.73 Å². The number of carbonyl (C=O) groups excluding carboxylic acids is 2. The zero-order chi connectivity index (χ0) is 16.7. The van der Waals surface area contributed by atoms with E-state index in [1.54, 1.807) is 12.1 Å². The quantitative estimate of drug-likeness (QED) is 0.557. The third-order valence-electron chi connectivity index (χ3n) is 2.67. The van der Waals surface area contributed by atoms with E-state index in [-0.39, 0.29) is 6.42 Å². The van der Waals surface area contributed by atoms with E-state index in [0.717, 1.165) is 12.2 Å². The lowest BCUT2D eigenvalue weighted by atomic mass is 10.0. The smallest absolute Gasteiger partial charge is 0.320 e. The van der Waals surface area contributed by atoms with Crippen LogP contribution in [0.1, 0.15) is 5.56 Å². The number of amides is 2. The minimum absolute atomic E-state index is 0.0457. The van der Waals surface area contributed by atoms with Crippen LogP contribution >= 0.6 is 0 Å². The number of nitrogens with two attached hydrogens (primary N) is 1. The van der Waals surface area contributed by atoms with Gasteiger partial charge in [0.25, 0.3) is 0 Å². The molecule has 1 aromatic carbocycles. The van der Waals surface area contributed by atoms with E-state index in [0.29, 0.717) is 16.9 Å². The maximum atomic E-state index is 11.4. The van der Waals surface area contributed by atoms with E-state index in [4.69, 9.17) is 10.8 Å². The lowest BCUT2D eigenvalue weighted by Crippen LogP contribution is -2.32. The number of aliphatic carboxylic acids is 1. The summed E-state index contributed by atoms with van der Waals surface area (Å²) in [6, 6.07) is 3.59. The highest BCUT2D eigenvalue weighted by molar-refractivity contribution is 6.01. The summed E-state index contributed by atoms with van der Waals surface area (Å²) in [5.41, 5.74) is 6.83. The molecule has 7 nitrogen and oxygen atoms in total. The lowest BCUT2D eigenvalue weighted by Gasteiger charge is -2.12. The van der Waals surface area contributed by atoms with Gasteiger partial charge in [-0.05, 0) is 42.3 Å². The first-order chi connectivity index (χ1) is 10.3. The number of rotatable bonds is 7. The van der Waals surface area contributed by atoms with Crippen molar-refractivity contribution in [3.05, 3.63) is 49.1 Å². The van der Waals surface area contributed by atoms with Crippen LogP contribution in [0.25, 0.3) is 0 Å². The highest BCUT2D eigenvalue weighted by atomic mass is 16.4. The predicted octanol–water partition coefficient (Wildman–Crippen LogP) is 0.890. The number of carboxylic acid groups (broad SMARTS) is 1. The van der Waals surface area contributed by atoms with Gasteiger partial charge >= 0.3 is 5.97 Å². The summed E-state index contributed by atoms with van der Waals surface area (Å²) in [5, 5.41) is 13.9. The van der Waals surface area contributed by atoms with Crippen molar-refractivity contribution >= 4 is 29.2 Å². The largest absolute Gasteiger partial charge is 0.480 e. The fraction of sp³-hybridized carbons (Fsp3) is 0.133. The van der Waals surface area contributed by atoms with Crippen LogP contribution in [0.5, 0.6) is 0 Å². The Morgan fingerprint density at radius 2 is 1.55 bits per heavy atom. The molecule has 0 aliphatic carbocycles. The molecule has 7 heteroatoms. The van der Waals surface area contributed by atoms with Crippen molar-refractivity contribution in [2.75, 3.05) is 10.6 Å². The fourth-order valence-corrected chi connectivity index (χ4v) is 1.68. The number of carboxylic acids is 1. The first kappa shape index (κ1) is 17.1. The summed E-state index contributed by atoms with van der Waals surface area (Å²) in [5.74, 6) is -2.00. The molecule has 116 valence electrons. The van der Waals surface area contributed by atoms with Crippen LogP contribution < -0.4 is 16.4 Å². The van der Waals surface area contributed by atoms with Crippen LogP contribution in [-0.4, -0.2) is 28.9 Å². The molecule has 1 rings (SSSR count). The van der Waals surface area contributed by atoms with Gasteiger partial charge in [-0.2, -0.15) is 0 Å². The average Bonchev–Trinajstić information content (AvgIpc) is 2.46. The minimum atomic E-state index is -1.14. The van der Waals surface area contributed by atoms with Gasteiger partial charge in [0.1, 0.15) is 6.04 Å². The lowest BCUT2D eigenvalue weighted by molar-refractivity contribution is -0.138. The monoisotopic (exact) mass is 303 g/mol. The normalized spacial score (nSPS) is 11.1. The number of hydrogen-bond acceptors (Lipinski definition) is 4. The summed E-state index contributed by atoms with van der Waals surface area (Å²) in [4.78, 5) is 33.6. The van der Waals surface area contributed by atoms with Gasteiger partial charge < -0.3 is 21.5 Å². The third-order valence-corrected chi connectivity index (χ3v) is 2.67. The van der Waals surface area contributed by atoms with E-state index < -0.39 is 23.8 Å². The first-order valence-electron chi connectivity index (χ1n) is 6.35. The summed E-state index contributed by atoms with van der Waals surface area (Å²) >= 11 is 0. The molecule has 1 aromatic rings. The SMILES string of the molecule is C=CC(=O)Nc1cc(CC(N)C(=O)O)cc(NC(=O)C=C)c1. The molecule has 0 bridgehead atoms. The van der Waals surface area contributed by atoms with Gasteiger partial charge in [-0.25, -0.2) is 0 Å². The van der Waals surface area contributed by atoms with Crippen LogP contribution in [0.15, 0.2) is 43.5 Å². The molecule has 0 fully saturated rings. The fourth-order valence-electron chi connectivity index (χ4n) is 1.68. The minimum Gasteiger partial charge on any atom is -0.480 e. The van der Waals surface area contributed by atoms with Crippen molar-refractivity contribution in [2.45, 2.75) is 12.5 Å². The molecule has 0 saturated carbocycles. The molecule has 2 amide bonds. The number of carbonyl (C=O) groups is 3. The predicted molar refractivity (Wildman–Crippen MR) is 83.4 cm³/mol. The van der Waals surface area contributed by atoms with E-state index in [2.05, 4.69) is 23.8 Å². The van der Waals surface area contributed by atoms with Crippen molar-refractivity contribution in [3.8, 4) is 0 Å². The molecule has 0 spiro atoms. The molecular weight excluding hydrogens is 286 g/mol. The third kappa shape index (κ3) is 5.22. The summed E-state index contributed by atoms with van der Waals surface area (Å²) in [6.07, 6.45) is 2.24. The van der Waals surface area contributed by atoms with E-state index in [1.165, 1.54) is 6.07 Å². The van der Waals surface area contributed by atoms with Gasteiger partial charge in [0.05, 0.1) is 0 Å². The Balaban J connectivity index is 3.10. The zero-order valence-electron chi connectivity index (χ0n) is 11.8. The molecule has 1 atom stereocenters. The van der Waals surface area contributed by atoms with Crippen LogP contribution in [-0.2, 0) is 20.8 Å². The Bertz CT molecular complexity index is 585. The Labute approximate surface area is 127 Å². The Kier molecular flexibility index (Phi) is 6.03. The Morgan fingerprint density at radius 3 is 1.91 bits per heavy atom. The van der Waals surface area contributed by atoms with Gasteiger partial charge in [-0.1, -0.05) is 13.2 Å². The standard InChI is InChI=1S/C15H17N3O4/c1-3-13(19)17-10-5-9(7-12(16)15(21)22)6-11(8-10)18-14(20)4-2/h3-6,8,12H,1-2,7,16H2,(H,17,19)(H,18,20)(H,21,22). The van der Waals surface area contributed by atoms with Crippen LogP contribution in [0, 0.1) is 0 Å². The van der Waals surface area contributed by atoms with Gasteiger partial charge in [-0.3, -0.25) is 14.4 Å². The highest BCUT2D eigenvalue weighted by Crippen LogP contribution is 2.20. The molecule has 0 radical (unpaired) electrons. The van der Waals surface area contributed by atoms with Crippen molar-refractivity contribution in [1.29, 1.82) is 0 Å². The van der Waals surface area contributed by atoms with Gasteiger partial charge in [0.2, 0.25) is 11.8 Å². The Morgan fingerprint density at radius 1 is 1.09 bits per heavy atom. The number of benzene rings is 1. The molecule has 0 aliphatic rings. The van der Waals surface area contributed by atoms with Gasteiger partial charge in [-0.15, -0.1) is 0 Å². The first-order valence-corrected chi connectivity index (χ1v) is 6.35. The van der Waals surface area contributed by atoms with E-state index in [1.807, 2.05) is 0 Å². The number of anilines is 2. The Hall–Kier alpha value is -2.93. The van der Waals surface area contributed by atoms with Crippen LogP contribution in [0.4, 0.5) is 11.4 Å². The second-order valence-electron chi connectivity index (χ2n) is 4.45. The molecule has 5 N–H and O–H groups in total. The number of hydrogen-bond donors (Lipinski definition) is 4. The molecule has 22 heavy (non-hydrogen) atoms.